The van der Waals surface area contributed by atoms with E-state index in [1.807, 2.05) is 18.6 Å². The molecule has 0 aromatic rings. The summed E-state index contributed by atoms with van der Waals surface area (Å²) < 4.78 is 0. The molecule has 0 amide bonds. The molecular weight excluding hydrogens is 164 g/mol. The van der Waals surface area contributed by atoms with Crippen LogP contribution in [0, 0.1) is 5.92 Å². The van der Waals surface area contributed by atoms with Gasteiger partial charge in [0.15, 0.2) is 12.4 Å². The van der Waals surface area contributed by atoms with Gasteiger partial charge in [0, 0.05) is 0 Å². The summed E-state index contributed by atoms with van der Waals surface area (Å²) in [5.41, 5.74) is 1.24. The van der Waals surface area contributed by atoms with Crippen LogP contribution in [0.4, 0.5) is 0 Å². The summed E-state index contributed by atoms with van der Waals surface area (Å²) in [6, 6.07) is 0.208. The molecule has 2 N–H and O–H groups in total. The van der Waals surface area contributed by atoms with Crippen LogP contribution in [0.15, 0.2) is 34.0 Å². The maximum atomic E-state index is 4.35. The number of nitrogens with zero attached hydrogens (tertiary/aromatic N) is 2. The van der Waals surface area contributed by atoms with E-state index in [1.165, 1.54) is 5.57 Å². The van der Waals surface area contributed by atoms with E-state index in [1.54, 1.807) is 6.34 Å². The van der Waals surface area contributed by atoms with E-state index < -0.39 is 0 Å². The fourth-order valence-electron chi connectivity index (χ4n) is 1.71. The monoisotopic (exact) mass is 173 g/mol. The first-order chi connectivity index (χ1) is 6.45. The van der Waals surface area contributed by atoms with E-state index in [0.717, 1.165) is 5.84 Å². The van der Waals surface area contributed by atoms with Crippen molar-refractivity contribution in [3.05, 3.63) is 24.0 Å². The number of hydrogen-bond acceptors (Lipinski definition) is 3. The van der Waals surface area contributed by atoms with Crippen molar-refractivity contribution in [2.75, 3.05) is 0 Å². The summed E-state index contributed by atoms with van der Waals surface area (Å²) in [6.07, 6.45) is 9.63. The normalized spacial score (nSPS) is 33.2. The Hall–Kier alpha value is -1.71. The van der Waals surface area contributed by atoms with Gasteiger partial charge in [-0.1, -0.05) is 6.08 Å². The van der Waals surface area contributed by atoms with Crippen LogP contribution in [0.25, 0.3) is 0 Å². The largest absolute Gasteiger partial charge is 0.350 e. The maximum absolute atomic E-state index is 4.35. The third kappa shape index (κ3) is 0.884. The first-order valence-corrected chi connectivity index (χ1v) is 4.27. The summed E-state index contributed by atoms with van der Waals surface area (Å²) >= 11 is 0. The molecule has 13 heavy (non-hydrogen) atoms. The van der Waals surface area contributed by atoms with Crippen LogP contribution in [0.3, 0.4) is 0 Å². The van der Waals surface area contributed by atoms with Gasteiger partial charge in [-0.3, -0.25) is 4.99 Å². The maximum Gasteiger partial charge on any atom is 0.178 e. The Morgan fingerprint density at radius 1 is 1.46 bits per heavy atom. The van der Waals surface area contributed by atoms with Crippen LogP contribution < -0.4 is 10.3 Å². The third-order valence-electron chi connectivity index (χ3n) is 2.46. The minimum Gasteiger partial charge on any atom is -0.350 e. The van der Waals surface area contributed by atoms with Crippen LogP contribution in [-0.4, -0.2) is 24.4 Å². The Morgan fingerprint density at radius 3 is 3.15 bits per heavy atom. The van der Waals surface area contributed by atoms with Crippen molar-refractivity contribution in [3.8, 4) is 0 Å². The highest BCUT2D eigenvalue weighted by Gasteiger charge is 2.34. The van der Waals surface area contributed by atoms with Gasteiger partial charge in [0.1, 0.15) is 23.8 Å². The highest BCUT2D eigenvalue weighted by atomic mass is 15.1. The van der Waals surface area contributed by atoms with Gasteiger partial charge >= 0.3 is 0 Å². The molecule has 2 atom stereocenters. The number of aliphatic imine (C=N–C) groups is 2. The van der Waals surface area contributed by atoms with E-state index in [0.29, 0.717) is 5.92 Å². The Balaban J connectivity index is 1.93. The molecule has 0 radical (unpaired) electrons. The van der Waals surface area contributed by atoms with E-state index >= 15 is 0 Å². The van der Waals surface area contributed by atoms with Crippen LogP contribution in [0.1, 0.15) is 0 Å². The summed E-state index contributed by atoms with van der Waals surface area (Å²) in [4.78, 5) is 11.5. The zero-order valence-corrected chi connectivity index (χ0v) is 6.94. The summed E-state index contributed by atoms with van der Waals surface area (Å²) in [5.74, 6) is 1.30. The minimum atomic E-state index is 0.208. The SMILES string of the molecule is C1=CC2C(=NC=NC2C2=C[NH+]=C2)N1. The van der Waals surface area contributed by atoms with E-state index in [-0.39, 0.29) is 6.04 Å². The van der Waals surface area contributed by atoms with Gasteiger partial charge in [-0.2, -0.15) is 0 Å². The molecule has 3 rings (SSSR count). The molecule has 0 saturated heterocycles. The fraction of sp³-hybridized carbons (Fsp3) is 0.222. The first-order valence-electron chi connectivity index (χ1n) is 4.27. The molecular formula is C9H9N4+. The predicted octanol–water partition coefficient (Wildman–Crippen LogP) is -1.42. The van der Waals surface area contributed by atoms with Crippen molar-refractivity contribution in [3.63, 3.8) is 0 Å². The molecule has 64 valence electrons. The van der Waals surface area contributed by atoms with E-state index in [2.05, 4.69) is 26.4 Å². The van der Waals surface area contributed by atoms with Crippen LogP contribution >= 0.6 is 0 Å². The average molecular weight is 173 g/mol. The van der Waals surface area contributed by atoms with E-state index in [9.17, 15) is 0 Å². The zero-order valence-electron chi connectivity index (χ0n) is 6.94. The van der Waals surface area contributed by atoms with Crippen LogP contribution in [-0.2, 0) is 0 Å². The average Bonchev–Trinajstić information content (AvgIpc) is 2.49. The molecule has 0 saturated carbocycles. The first kappa shape index (κ1) is 6.77. The minimum absolute atomic E-state index is 0.208. The van der Waals surface area contributed by atoms with E-state index in [4.69, 9.17) is 0 Å². The summed E-state index contributed by atoms with van der Waals surface area (Å²) in [5, 5.41) is 3.11. The smallest absolute Gasteiger partial charge is 0.178 e. The Kier molecular flexibility index (Phi) is 1.24. The van der Waals surface area contributed by atoms with Gasteiger partial charge in [-0.25, -0.2) is 9.98 Å². The standard InChI is InChI=1S/C9H8N4/c1-2-11-9-7(1)8(12-5-13-9)6-3-10-4-6/h1-5,7-8H,(H,11,12,13)/p+1. The van der Waals surface area contributed by atoms with Crippen molar-refractivity contribution in [1.29, 1.82) is 0 Å². The van der Waals surface area contributed by atoms with Crippen molar-refractivity contribution in [1.82, 2.24) is 5.32 Å². The van der Waals surface area contributed by atoms with Gasteiger partial charge in [0.2, 0.25) is 0 Å². The second kappa shape index (κ2) is 2.39. The topological polar surface area (TPSA) is 50.7 Å². The zero-order chi connectivity index (χ0) is 8.67. The molecule has 0 aromatic carbocycles. The molecule has 0 fully saturated rings. The quantitative estimate of drug-likeness (QED) is 0.502. The van der Waals surface area contributed by atoms with Gasteiger partial charge in [0.25, 0.3) is 0 Å². The second-order valence-electron chi connectivity index (χ2n) is 3.21. The molecule has 0 aromatic heterocycles. The van der Waals surface area contributed by atoms with Crippen molar-refractivity contribution in [2.45, 2.75) is 6.04 Å². The molecule has 4 heteroatoms. The number of rotatable bonds is 1. The fourth-order valence-corrected chi connectivity index (χ4v) is 1.71. The van der Waals surface area contributed by atoms with Crippen LogP contribution in [0.2, 0.25) is 0 Å². The molecule has 0 bridgehead atoms. The molecule has 3 heterocycles. The molecule has 4 nitrogen and oxygen atoms in total. The Labute approximate surface area is 75.5 Å². The molecule has 2 unspecified atom stereocenters. The lowest BCUT2D eigenvalue weighted by Gasteiger charge is -2.21. The number of hydrogen-bond donors (Lipinski definition) is 2. The molecule has 3 aliphatic rings. The third-order valence-corrected chi connectivity index (χ3v) is 2.46. The summed E-state index contributed by atoms with van der Waals surface area (Å²) in [7, 11) is 0. The van der Waals surface area contributed by atoms with Crippen LogP contribution in [0.5, 0.6) is 0 Å². The lowest BCUT2D eigenvalue weighted by molar-refractivity contribution is -0.380. The lowest BCUT2D eigenvalue weighted by Crippen LogP contribution is -2.69. The van der Waals surface area contributed by atoms with Gasteiger partial charge < -0.3 is 5.32 Å². The molecule has 0 aliphatic carbocycles. The van der Waals surface area contributed by atoms with Gasteiger partial charge in [0.05, 0.1) is 5.92 Å². The number of amidine groups is 1. The van der Waals surface area contributed by atoms with Gasteiger partial charge in [-0.15, -0.1) is 0 Å². The Bertz CT molecular complexity index is 386. The molecule has 0 spiro atoms. The lowest BCUT2D eigenvalue weighted by atomic mass is 9.92. The highest BCUT2D eigenvalue weighted by molar-refractivity contribution is 5.98. The van der Waals surface area contributed by atoms with Crippen molar-refractivity contribution < 1.29 is 4.99 Å². The number of nitrogens with one attached hydrogen (secondary N) is 2. The second-order valence-corrected chi connectivity index (χ2v) is 3.21. The van der Waals surface area contributed by atoms with Gasteiger partial charge in [-0.05, 0) is 6.20 Å². The highest BCUT2D eigenvalue weighted by Crippen LogP contribution is 2.22. The number of fused-ring (bicyclic) bond motifs is 1. The Morgan fingerprint density at radius 2 is 2.38 bits per heavy atom. The predicted molar refractivity (Wildman–Crippen MR) is 50.6 cm³/mol. The summed E-state index contributed by atoms with van der Waals surface area (Å²) in [6.45, 7) is 0. The van der Waals surface area contributed by atoms with Crippen molar-refractivity contribution in [2.24, 2.45) is 15.9 Å². The molecule has 3 aliphatic heterocycles. The van der Waals surface area contributed by atoms with Crippen molar-refractivity contribution >= 4 is 18.4 Å².